The van der Waals surface area contributed by atoms with E-state index in [1.165, 1.54) is 12.8 Å². The fourth-order valence-electron chi connectivity index (χ4n) is 3.41. The Balaban J connectivity index is 1.96. The van der Waals surface area contributed by atoms with Crippen LogP contribution in [0.4, 0.5) is 0 Å². The molecule has 1 aliphatic rings. The standard InChI is InChI=1S/C20H33N3O2/c1-5-21-20(23-11-10-16(14-23)12-15(2)3)22-13-19(24)17-6-8-18(25-4)9-7-17/h6-9,15-16,19,24H,5,10-14H2,1-4H3,(H,21,22). The average Bonchev–Trinajstić information content (AvgIpc) is 3.06. The molecule has 1 fully saturated rings. The third kappa shape index (κ3) is 5.92. The van der Waals surface area contributed by atoms with Crippen LogP contribution in [0.2, 0.25) is 0 Å². The van der Waals surface area contributed by atoms with Gasteiger partial charge in [-0.25, -0.2) is 0 Å². The number of benzene rings is 1. The molecular formula is C20H33N3O2. The number of nitrogens with zero attached hydrogens (tertiary/aromatic N) is 2. The van der Waals surface area contributed by atoms with Crippen LogP contribution in [-0.4, -0.2) is 49.3 Å². The van der Waals surface area contributed by atoms with Gasteiger partial charge in [0.15, 0.2) is 5.96 Å². The molecule has 0 spiro atoms. The first kappa shape index (κ1) is 19.6. The summed E-state index contributed by atoms with van der Waals surface area (Å²) in [5.74, 6) is 3.19. The lowest BCUT2D eigenvalue weighted by Gasteiger charge is -2.22. The maximum Gasteiger partial charge on any atom is 0.194 e. The van der Waals surface area contributed by atoms with Crippen molar-refractivity contribution in [3.63, 3.8) is 0 Å². The van der Waals surface area contributed by atoms with E-state index >= 15 is 0 Å². The van der Waals surface area contributed by atoms with E-state index in [2.05, 4.69) is 36.0 Å². The first-order chi connectivity index (χ1) is 12.0. The molecule has 5 nitrogen and oxygen atoms in total. The summed E-state index contributed by atoms with van der Waals surface area (Å²) in [5.41, 5.74) is 0.861. The Morgan fingerprint density at radius 3 is 2.68 bits per heavy atom. The van der Waals surface area contributed by atoms with Crippen molar-refractivity contribution < 1.29 is 9.84 Å². The minimum absolute atomic E-state index is 0.361. The molecule has 1 aliphatic heterocycles. The molecule has 1 heterocycles. The van der Waals surface area contributed by atoms with Crippen molar-refractivity contribution in [3.05, 3.63) is 29.8 Å². The van der Waals surface area contributed by atoms with Gasteiger partial charge in [-0.1, -0.05) is 26.0 Å². The molecule has 1 aromatic rings. The second kappa shape index (κ2) is 9.66. The third-order valence-electron chi connectivity index (χ3n) is 4.64. The van der Waals surface area contributed by atoms with Gasteiger partial charge in [-0.05, 0) is 49.3 Å². The fourth-order valence-corrected chi connectivity index (χ4v) is 3.41. The molecule has 1 aromatic carbocycles. The SMILES string of the molecule is CCNC(=NCC(O)c1ccc(OC)cc1)N1CCC(CC(C)C)C1. The molecule has 2 rings (SSSR count). The molecule has 0 aromatic heterocycles. The third-order valence-corrected chi connectivity index (χ3v) is 4.64. The number of nitrogens with one attached hydrogen (secondary N) is 1. The predicted molar refractivity (Wildman–Crippen MR) is 103 cm³/mol. The van der Waals surface area contributed by atoms with Gasteiger partial charge in [0.05, 0.1) is 19.8 Å². The van der Waals surface area contributed by atoms with Gasteiger partial charge in [0, 0.05) is 19.6 Å². The summed E-state index contributed by atoms with van der Waals surface area (Å²) in [6, 6.07) is 7.51. The predicted octanol–water partition coefficient (Wildman–Crippen LogP) is 3.06. The van der Waals surface area contributed by atoms with Crippen LogP contribution in [0.15, 0.2) is 29.3 Å². The van der Waals surface area contributed by atoms with Crippen molar-refractivity contribution in [2.75, 3.05) is 33.3 Å². The second-order valence-electron chi connectivity index (χ2n) is 7.21. The van der Waals surface area contributed by atoms with Crippen LogP contribution >= 0.6 is 0 Å². The summed E-state index contributed by atoms with van der Waals surface area (Å²) in [7, 11) is 1.64. The van der Waals surface area contributed by atoms with Gasteiger partial charge in [0.25, 0.3) is 0 Å². The topological polar surface area (TPSA) is 57.1 Å². The quantitative estimate of drug-likeness (QED) is 0.588. The molecule has 1 saturated heterocycles. The van der Waals surface area contributed by atoms with Crippen LogP contribution in [0.5, 0.6) is 5.75 Å². The lowest BCUT2D eigenvalue weighted by Crippen LogP contribution is -2.40. The zero-order chi connectivity index (χ0) is 18.2. The Morgan fingerprint density at radius 2 is 2.08 bits per heavy atom. The fraction of sp³-hybridized carbons (Fsp3) is 0.650. The van der Waals surface area contributed by atoms with E-state index < -0.39 is 6.10 Å². The van der Waals surface area contributed by atoms with Crippen molar-refractivity contribution >= 4 is 5.96 Å². The number of aliphatic hydroxyl groups excluding tert-OH is 1. The molecule has 0 aliphatic carbocycles. The summed E-state index contributed by atoms with van der Waals surface area (Å²) in [5, 5.41) is 13.8. The lowest BCUT2D eigenvalue weighted by atomic mass is 9.97. The highest BCUT2D eigenvalue weighted by atomic mass is 16.5. The van der Waals surface area contributed by atoms with Gasteiger partial charge in [-0.2, -0.15) is 0 Å². The zero-order valence-electron chi connectivity index (χ0n) is 16.0. The van der Waals surface area contributed by atoms with E-state index in [0.717, 1.165) is 48.7 Å². The van der Waals surface area contributed by atoms with Crippen molar-refractivity contribution in [2.45, 2.75) is 39.7 Å². The van der Waals surface area contributed by atoms with Gasteiger partial charge in [-0.3, -0.25) is 4.99 Å². The van der Waals surface area contributed by atoms with Crippen LogP contribution in [-0.2, 0) is 0 Å². The molecule has 2 atom stereocenters. The largest absolute Gasteiger partial charge is 0.497 e. The van der Waals surface area contributed by atoms with Gasteiger partial charge < -0.3 is 20.1 Å². The molecule has 5 heteroatoms. The molecule has 25 heavy (non-hydrogen) atoms. The van der Waals surface area contributed by atoms with E-state index in [1.54, 1.807) is 7.11 Å². The highest BCUT2D eigenvalue weighted by molar-refractivity contribution is 5.80. The minimum Gasteiger partial charge on any atom is -0.497 e. The van der Waals surface area contributed by atoms with E-state index in [9.17, 15) is 5.11 Å². The van der Waals surface area contributed by atoms with Crippen LogP contribution < -0.4 is 10.1 Å². The number of methoxy groups -OCH3 is 1. The zero-order valence-corrected chi connectivity index (χ0v) is 16.0. The molecule has 2 N–H and O–H groups in total. The smallest absolute Gasteiger partial charge is 0.194 e. The summed E-state index contributed by atoms with van der Waals surface area (Å²) in [6.45, 7) is 9.95. The highest BCUT2D eigenvalue weighted by Crippen LogP contribution is 2.23. The summed E-state index contributed by atoms with van der Waals surface area (Å²) < 4.78 is 5.16. The van der Waals surface area contributed by atoms with E-state index in [0.29, 0.717) is 6.54 Å². The summed E-state index contributed by atoms with van der Waals surface area (Å²) in [6.07, 6.45) is 1.89. The van der Waals surface area contributed by atoms with Gasteiger partial charge in [0.2, 0.25) is 0 Å². The van der Waals surface area contributed by atoms with Crippen molar-refractivity contribution in [1.82, 2.24) is 10.2 Å². The van der Waals surface area contributed by atoms with Crippen LogP contribution in [0.25, 0.3) is 0 Å². The normalized spacial score (nSPS) is 19.4. The van der Waals surface area contributed by atoms with E-state index in [1.807, 2.05) is 24.3 Å². The molecular weight excluding hydrogens is 314 g/mol. The highest BCUT2D eigenvalue weighted by Gasteiger charge is 2.25. The minimum atomic E-state index is -0.603. The van der Waals surface area contributed by atoms with Crippen LogP contribution in [0, 0.1) is 11.8 Å². The lowest BCUT2D eigenvalue weighted by molar-refractivity contribution is 0.186. The van der Waals surface area contributed by atoms with Gasteiger partial charge in [0.1, 0.15) is 5.75 Å². The Morgan fingerprint density at radius 1 is 1.36 bits per heavy atom. The van der Waals surface area contributed by atoms with Gasteiger partial charge >= 0.3 is 0 Å². The molecule has 2 unspecified atom stereocenters. The Labute approximate surface area is 152 Å². The number of aliphatic hydroxyl groups is 1. The van der Waals surface area contributed by atoms with E-state index in [4.69, 9.17) is 4.74 Å². The maximum atomic E-state index is 10.4. The first-order valence-electron chi connectivity index (χ1n) is 9.38. The maximum absolute atomic E-state index is 10.4. The number of likely N-dealkylation sites (tertiary alicyclic amines) is 1. The Bertz CT molecular complexity index is 542. The van der Waals surface area contributed by atoms with Crippen molar-refractivity contribution in [3.8, 4) is 5.75 Å². The van der Waals surface area contributed by atoms with Crippen LogP contribution in [0.1, 0.15) is 45.3 Å². The molecule has 140 valence electrons. The molecule has 0 radical (unpaired) electrons. The number of guanidine groups is 1. The Kier molecular flexibility index (Phi) is 7.56. The number of aliphatic imine (C=N–C) groups is 1. The average molecular weight is 348 g/mol. The second-order valence-corrected chi connectivity index (χ2v) is 7.21. The number of rotatable bonds is 7. The van der Waals surface area contributed by atoms with Crippen LogP contribution in [0.3, 0.4) is 0 Å². The molecule has 0 amide bonds. The van der Waals surface area contributed by atoms with Crippen molar-refractivity contribution in [2.24, 2.45) is 16.8 Å². The van der Waals surface area contributed by atoms with Crippen molar-refractivity contribution in [1.29, 1.82) is 0 Å². The number of ether oxygens (including phenoxy) is 1. The molecule has 0 bridgehead atoms. The number of hydrogen-bond acceptors (Lipinski definition) is 3. The molecule has 0 saturated carbocycles. The first-order valence-corrected chi connectivity index (χ1v) is 9.38. The van der Waals surface area contributed by atoms with Gasteiger partial charge in [-0.15, -0.1) is 0 Å². The Hall–Kier alpha value is -1.75. The number of hydrogen-bond donors (Lipinski definition) is 2. The summed E-state index contributed by atoms with van der Waals surface area (Å²) >= 11 is 0. The monoisotopic (exact) mass is 347 g/mol. The van der Waals surface area contributed by atoms with E-state index in [-0.39, 0.29) is 0 Å². The summed E-state index contributed by atoms with van der Waals surface area (Å²) in [4.78, 5) is 7.01.